The van der Waals surface area contributed by atoms with Crippen LogP contribution in [0.4, 0.5) is 11.4 Å². The van der Waals surface area contributed by atoms with Crippen molar-refractivity contribution >= 4 is 43.8 Å². The zero-order chi connectivity index (χ0) is 26.1. The molecular weight excluding hydrogens is 500 g/mol. The molecule has 4 aromatic carbocycles. The maximum absolute atomic E-state index is 12.8. The highest BCUT2D eigenvalue weighted by atomic mass is 32.2. The molecule has 0 aliphatic rings. The lowest BCUT2D eigenvalue weighted by atomic mass is 9.89. The molecule has 10 heteroatoms. The van der Waals surface area contributed by atoms with Gasteiger partial charge in [-0.2, -0.15) is 16.8 Å². The first-order valence-electron chi connectivity index (χ1n) is 10.6. The third kappa shape index (κ3) is 4.88. The number of anilines is 2. The highest BCUT2D eigenvalue weighted by Gasteiger charge is 2.29. The first kappa shape index (κ1) is 25.1. The molecule has 8 nitrogen and oxygen atoms in total. The Balaban J connectivity index is 2.12. The molecule has 0 bridgehead atoms. The van der Waals surface area contributed by atoms with Crippen molar-refractivity contribution in [3.05, 3.63) is 96.1 Å². The van der Waals surface area contributed by atoms with Gasteiger partial charge in [0.25, 0.3) is 20.2 Å². The summed E-state index contributed by atoms with van der Waals surface area (Å²) < 4.78 is 69.2. The molecule has 0 heterocycles. The van der Waals surface area contributed by atoms with Crippen molar-refractivity contribution in [2.45, 2.75) is 9.79 Å². The third-order valence-corrected chi connectivity index (χ3v) is 7.45. The maximum Gasteiger partial charge on any atom is 0.295 e. The van der Waals surface area contributed by atoms with Gasteiger partial charge in [-0.25, -0.2) is 0 Å². The standard InChI is InChI=1S/C26H22N2O6S2/c27-24-20(16-15-17-9-7-8-14-21(17)35(29,30)31)26(36(32,33)34)23(19-12-5-2-6-13-19)22(25(24)28)18-10-3-1-4-11-18/h1-16H,27-28H2,(H,29,30,31)(H,32,33,34). The third-order valence-electron chi connectivity index (χ3n) is 5.58. The van der Waals surface area contributed by atoms with E-state index in [4.69, 9.17) is 11.5 Å². The molecule has 0 aromatic heterocycles. The summed E-state index contributed by atoms with van der Waals surface area (Å²) in [4.78, 5) is -0.870. The average Bonchev–Trinajstić information content (AvgIpc) is 2.84. The fourth-order valence-electron chi connectivity index (χ4n) is 4.03. The Morgan fingerprint density at radius 3 is 1.61 bits per heavy atom. The lowest BCUT2D eigenvalue weighted by Crippen LogP contribution is -2.11. The number of hydrogen-bond donors (Lipinski definition) is 4. The number of rotatable bonds is 6. The number of nitrogen functional groups attached to an aromatic ring is 2. The van der Waals surface area contributed by atoms with Crippen LogP contribution in [0.5, 0.6) is 0 Å². The Labute approximate surface area is 209 Å². The van der Waals surface area contributed by atoms with E-state index in [1.165, 1.54) is 30.4 Å². The van der Waals surface area contributed by atoms with Gasteiger partial charge in [-0.1, -0.05) is 91.0 Å². The Morgan fingerprint density at radius 1 is 0.583 bits per heavy atom. The van der Waals surface area contributed by atoms with E-state index in [-0.39, 0.29) is 33.0 Å². The number of nitrogens with two attached hydrogens (primary N) is 2. The van der Waals surface area contributed by atoms with Crippen molar-refractivity contribution in [1.82, 2.24) is 0 Å². The van der Waals surface area contributed by atoms with Gasteiger partial charge < -0.3 is 11.5 Å². The number of benzene rings is 4. The summed E-state index contributed by atoms with van der Waals surface area (Å²) in [6, 6.07) is 22.9. The molecule has 0 radical (unpaired) electrons. The van der Waals surface area contributed by atoms with E-state index in [2.05, 4.69) is 0 Å². The quantitative estimate of drug-likeness (QED) is 0.159. The smallest absolute Gasteiger partial charge is 0.295 e. The molecule has 0 aliphatic carbocycles. The largest absolute Gasteiger partial charge is 0.397 e. The van der Waals surface area contributed by atoms with Gasteiger partial charge in [-0.05, 0) is 22.8 Å². The molecule has 0 spiro atoms. The van der Waals surface area contributed by atoms with E-state index in [9.17, 15) is 25.9 Å². The topological polar surface area (TPSA) is 161 Å². The molecule has 184 valence electrons. The van der Waals surface area contributed by atoms with E-state index < -0.39 is 25.1 Å². The Bertz CT molecular complexity index is 1680. The van der Waals surface area contributed by atoms with E-state index in [1.807, 2.05) is 0 Å². The molecular formula is C26H22N2O6S2. The molecule has 0 atom stereocenters. The van der Waals surface area contributed by atoms with Crippen LogP contribution < -0.4 is 11.5 Å². The van der Waals surface area contributed by atoms with Crippen LogP contribution in [0.3, 0.4) is 0 Å². The van der Waals surface area contributed by atoms with Gasteiger partial charge in [0.2, 0.25) is 0 Å². The Hall–Kier alpha value is -3.96. The fourth-order valence-corrected chi connectivity index (χ4v) is 5.65. The van der Waals surface area contributed by atoms with Crippen molar-refractivity contribution < 1.29 is 25.9 Å². The second-order valence-corrected chi connectivity index (χ2v) is 10.6. The predicted molar refractivity (Wildman–Crippen MR) is 141 cm³/mol. The normalized spacial score (nSPS) is 12.2. The van der Waals surface area contributed by atoms with Crippen LogP contribution in [-0.4, -0.2) is 25.9 Å². The summed E-state index contributed by atoms with van der Waals surface area (Å²) in [5.41, 5.74) is 14.2. The van der Waals surface area contributed by atoms with Crippen LogP contribution in [0.15, 0.2) is 94.7 Å². The molecule has 0 amide bonds. The summed E-state index contributed by atoms with van der Waals surface area (Å²) in [6.07, 6.45) is 2.53. The average molecular weight is 523 g/mol. The first-order valence-corrected chi connectivity index (χ1v) is 13.5. The first-order chi connectivity index (χ1) is 17.0. The van der Waals surface area contributed by atoms with Crippen LogP contribution in [0.1, 0.15) is 11.1 Å². The highest BCUT2D eigenvalue weighted by Crippen LogP contribution is 2.47. The van der Waals surface area contributed by atoms with Gasteiger partial charge in [0.05, 0.1) is 11.4 Å². The molecule has 4 aromatic rings. The minimum Gasteiger partial charge on any atom is -0.397 e. The Kier molecular flexibility index (Phi) is 6.70. The van der Waals surface area contributed by atoms with Gasteiger partial charge in [0.1, 0.15) is 9.79 Å². The maximum atomic E-state index is 12.8. The van der Waals surface area contributed by atoms with Crippen molar-refractivity contribution in [1.29, 1.82) is 0 Å². The van der Waals surface area contributed by atoms with E-state index >= 15 is 0 Å². The van der Waals surface area contributed by atoms with Gasteiger partial charge in [0, 0.05) is 16.7 Å². The number of hydrogen-bond acceptors (Lipinski definition) is 6. The van der Waals surface area contributed by atoms with E-state index in [1.54, 1.807) is 66.7 Å². The van der Waals surface area contributed by atoms with Crippen LogP contribution in [0.25, 0.3) is 34.4 Å². The molecule has 6 N–H and O–H groups in total. The van der Waals surface area contributed by atoms with Gasteiger partial charge >= 0.3 is 0 Å². The molecule has 0 fully saturated rings. The lowest BCUT2D eigenvalue weighted by molar-refractivity contribution is 0.481. The van der Waals surface area contributed by atoms with Gasteiger partial charge in [-0.15, -0.1) is 0 Å². The molecule has 36 heavy (non-hydrogen) atoms. The summed E-state index contributed by atoms with van der Waals surface area (Å²) in [7, 11) is -9.44. The summed E-state index contributed by atoms with van der Waals surface area (Å²) >= 11 is 0. The zero-order valence-corrected chi connectivity index (χ0v) is 20.4. The molecule has 0 unspecified atom stereocenters. The van der Waals surface area contributed by atoms with Crippen LogP contribution >= 0.6 is 0 Å². The van der Waals surface area contributed by atoms with Crippen molar-refractivity contribution in [3.63, 3.8) is 0 Å². The molecule has 0 saturated heterocycles. The lowest BCUT2D eigenvalue weighted by Gasteiger charge is -2.21. The van der Waals surface area contributed by atoms with Crippen LogP contribution in [0.2, 0.25) is 0 Å². The zero-order valence-electron chi connectivity index (χ0n) is 18.7. The second-order valence-electron chi connectivity index (χ2n) is 7.87. The van der Waals surface area contributed by atoms with Gasteiger partial charge in [0.15, 0.2) is 0 Å². The van der Waals surface area contributed by atoms with Crippen LogP contribution in [-0.2, 0) is 20.2 Å². The van der Waals surface area contributed by atoms with E-state index in [0.717, 1.165) is 0 Å². The minimum atomic E-state index is -4.88. The fraction of sp³-hybridized carbons (Fsp3) is 0. The summed E-state index contributed by atoms with van der Waals surface area (Å²) in [5, 5.41) is 0. The Morgan fingerprint density at radius 2 is 1.08 bits per heavy atom. The summed E-state index contributed by atoms with van der Waals surface area (Å²) in [6.45, 7) is 0. The second kappa shape index (κ2) is 9.59. The van der Waals surface area contributed by atoms with E-state index in [0.29, 0.717) is 16.7 Å². The van der Waals surface area contributed by atoms with Crippen molar-refractivity contribution in [2.24, 2.45) is 0 Å². The van der Waals surface area contributed by atoms with Crippen molar-refractivity contribution in [3.8, 4) is 22.3 Å². The monoisotopic (exact) mass is 522 g/mol. The summed E-state index contributed by atoms with van der Waals surface area (Å²) in [5.74, 6) is 0. The predicted octanol–water partition coefficient (Wildman–Crippen LogP) is 4.85. The minimum absolute atomic E-state index is 0.0765. The van der Waals surface area contributed by atoms with Crippen LogP contribution in [0, 0.1) is 0 Å². The SMILES string of the molecule is Nc1c(N)c(-c2ccccc2)c(-c2ccccc2)c(S(=O)(=O)O)c1C=Cc1ccccc1S(=O)(=O)O. The highest BCUT2D eigenvalue weighted by molar-refractivity contribution is 7.86. The molecule has 0 aliphatic heterocycles. The van der Waals surface area contributed by atoms with Gasteiger partial charge in [-0.3, -0.25) is 9.11 Å². The van der Waals surface area contributed by atoms with Crippen molar-refractivity contribution in [2.75, 3.05) is 11.5 Å². The molecule has 0 saturated carbocycles. The molecule has 4 rings (SSSR count).